The minimum Gasteiger partial charge on any atom is -0.493 e. The molecule has 27 heavy (non-hydrogen) atoms. The van der Waals surface area contributed by atoms with Gasteiger partial charge in [0.25, 0.3) is 10.1 Å². The zero-order valence-electron chi connectivity index (χ0n) is 15.8. The van der Waals surface area contributed by atoms with E-state index in [1.165, 1.54) is 0 Å². The van der Waals surface area contributed by atoms with Crippen LogP contribution in [0.3, 0.4) is 0 Å². The van der Waals surface area contributed by atoms with Crippen LogP contribution in [0.15, 0.2) is 47.4 Å². The molecule has 1 aliphatic heterocycles. The molecule has 0 radical (unpaired) electrons. The summed E-state index contributed by atoms with van der Waals surface area (Å²) in [6.45, 7) is 5.33. The summed E-state index contributed by atoms with van der Waals surface area (Å²) in [5.74, 6) is 1.25. The van der Waals surface area contributed by atoms with E-state index < -0.39 is 16.2 Å². The van der Waals surface area contributed by atoms with Crippen molar-refractivity contribution in [3.05, 3.63) is 48.0 Å². The molecule has 146 valence electrons. The predicted molar refractivity (Wildman–Crippen MR) is 104 cm³/mol. The number of para-hydroxylation sites is 1. The number of ether oxygens (including phenoxy) is 2. The van der Waals surface area contributed by atoms with Crippen molar-refractivity contribution in [2.24, 2.45) is 0 Å². The van der Waals surface area contributed by atoms with Gasteiger partial charge in [-0.15, -0.1) is 0 Å². The molecule has 2 aromatic carbocycles. The smallest absolute Gasteiger partial charge is 0.297 e. The van der Waals surface area contributed by atoms with Gasteiger partial charge in [0, 0.05) is 6.54 Å². The molecule has 6 nitrogen and oxygen atoms in total. The maximum Gasteiger partial charge on any atom is 0.297 e. The second-order valence-electron chi connectivity index (χ2n) is 6.55. The third-order valence-electron chi connectivity index (χ3n) is 4.44. The monoisotopic (exact) mass is 391 g/mol. The molecule has 1 aliphatic rings. The van der Waals surface area contributed by atoms with Gasteiger partial charge in [-0.25, -0.2) is 0 Å². The van der Waals surface area contributed by atoms with Crippen molar-refractivity contribution in [2.45, 2.75) is 31.3 Å². The number of hydrogen-bond donors (Lipinski definition) is 0. The Morgan fingerprint density at radius 2 is 1.93 bits per heavy atom. The van der Waals surface area contributed by atoms with Gasteiger partial charge in [0.1, 0.15) is 12.7 Å². The minimum absolute atomic E-state index is 0.0616. The second kappa shape index (κ2) is 8.19. The van der Waals surface area contributed by atoms with Crippen molar-refractivity contribution in [3.63, 3.8) is 0 Å². The summed E-state index contributed by atoms with van der Waals surface area (Å²) in [5, 5.41) is 0. The third kappa shape index (κ3) is 4.36. The van der Waals surface area contributed by atoms with E-state index in [1.54, 1.807) is 31.4 Å². The first-order valence-corrected chi connectivity index (χ1v) is 10.4. The number of methoxy groups -OCH3 is 1. The van der Waals surface area contributed by atoms with Gasteiger partial charge < -0.3 is 14.4 Å². The normalized spacial score (nSPS) is 16.6. The number of benzene rings is 2. The van der Waals surface area contributed by atoms with Crippen molar-refractivity contribution < 1.29 is 22.1 Å². The first-order valence-electron chi connectivity index (χ1n) is 8.99. The number of nitrogens with zero attached hydrogens (tertiary/aromatic N) is 1. The lowest BCUT2D eigenvalue weighted by atomic mass is 10.1. The fourth-order valence-corrected chi connectivity index (χ4v) is 4.02. The van der Waals surface area contributed by atoms with Gasteiger partial charge >= 0.3 is 0 Å². The van der Waals surface area contributed by atoms with E-state index in [0.29, 0.717) is 18.0 Å². The van der Waals surface area contributed by atoms with Gasteiger partial charge in [0.15, 0.2) is 11.5 Å². The Bertz CT molecular complexity index is 880. The molecule has 0 amide bonds. The second-order valence-corrected chi connectivity index (χ2v) is 8.16. The van der Waals surface area contributed by atoms with E-state index in [4.69, 9.17) is 13.7 Å². The molecule has 1 unspecified atom stereocenters. The third-order valence-corrected chi connectivity index (χ3v) is 5.74. The predicted octanol–water partition coefficient (Wildman–Crippen LogP) is 3.39. The first kappa shape index (κ1) is 19.5. The van der Waals surface area contributed by atoms with Crippen LogP contribution in [0.2, 0.25) is 0 Å². The number of anilines is 1. The number of aryl methyl sites for hydroxylation is 1. The molecular weight excluding hydrogens is 366 g/mol. The van der Waals surface area contributed by atoms with E-state index in [1.807, 2.05) is 25.1 Å². The molecule has 0 saturated carbocycles. The molecule has 0 spiro atoms. The molecule has 0 bridgehead atoms. The molecule has 0 N–H and O–H groups in total. The summed E-state index contributed by atoms with van der Waals surface area (Å²) >= 11 is 0. The lowest BCUT2D eigenvalue weighted by Gasteiger charge is -2.36. The van der Waals surface area contributed by atoms with Gasteiger partial charge in [0.2, 0.25) is 0 Å². The Morgan fingerprint density at radius 3 is 2.59 bits per heavy atom. The zero-order chi connectivity index (χ0) is 19.4. The van der Waals surface area contributed by atoms with Crippen LogP contribution in [0.25, 0.3) is 0 Å². The quantitative estimate of drug-likeness (QED) is 0.674. The fourth-order valence-electron chi connectivity index (χ4n) is 3.09. The number of rotatable bonds is 7. The topological polar surface area (TPSA) is 65.1 Å². The Balaban J connectivity index is 1.76. The van der Waals surface area contributed by atoms with Crippen LogP contribution in [-0.4, -0.2) is 41.3 Å². The molecule has 7 heteroatoms. The van der Waals surface area contributed by atoms with E-state index in [2.05, 4.69) is 11.8 Å². The average Bonchev–Trinajstić information content (AvgIpc) is 2.66. The summed E-state index contributed by atoms with van der Waals surface area (Å²) in [6, 6.07) is 12.3. The van der Waals surface area contributed by atoms with Crippen LogP contribution in [0, 0.1) is 6.92 Å². The highest BCUT2D eigenvalue weighted by Crippen LogP contribution is 2.41. The summed E-state index contributed by atoms with van der Waals surface area (Å²) < 4.78 is 41.6. The minimum atomic E-state index is -3.83. The number of hydrogen-bond acceptors (Lipinski definition) is 6. The van der Waals surface area contributed by atoms with E-state index in [0.717, 1.165) is 24.2 Å². The molecule has 0 aromatic heterocycles. The molecule has 0 fully saturated rings. The molecule has 3 rings (SSSR count). The standard InChI is InChI=1S/C20H25NO5S/c1-4-12-21-13-16(26-20-18(21)6-5-7-19(20)24-3)14-25-27(22,23)17-10-8-15(2)9-11-17/h5-11,16H,4,12-14H2,1-3H3. The van der Waals surface area contributed by atoms with Gasteiger partial charge in [-0.1, -0.05) is 30.7 Å². The van der Waals surface area contributed by atoms with Gasteiger partial charge in [-0.3, -0.25) is 4.18 Å². The molecular formula is C20H25NO5S. The number of fused-ring (bicyclic) bond motifs is 1. The van der Waals surface area contributed by atoms with Gasteiger partial charge in [-0.2, -0.15) is 8.42 Å². The van der Waals surface area contributed by atoms with Gasteiger partial charge in [0.05, 0.1) is 24.2 Å². The highest BCUT2D eigenvalue weighted by atomic mass is 32.2. The van der Waals surface area contributed by atoms with Crippen LogP contribution in [0.4, 0.5) is 5.69 Å². The Morgan fingerprint density at radius 1 is 1.19 bits per heavy atom. The van der Waals surface area contributed by atoms with Crippen molar-refractivity contribution in [1.82, 2.24) is 0 Å². The van der Waals surface area contributed by atoms with E-state index in [9.17, 15) is 8.42 Å². The van der Waals surface area contributed by atoms with Crippen LogP contribution in [0.5, 0.6) is 11.5 Å². The van der Waals surface area contributed by atoms with Crippen LogP contribution >= 0.6 is 0 Å². The average molecular weight is 391 g/mol. The molecule has 1 heterocycles. The Kier molecular flexibility index (Phi) is 5.92. The van der Waals surface area contributed by atoms with E-state index in [-0.39, 0.29) is 11.5 Å². The van der Waals surface area contributed by atoms with Gasteiger partial charge in [-0.05, 0) is 37.6 Å². The van der Waals surface area contributed by atoms with Crippen molar-refractivity contribution >= 4 is 15.8 Å². The summed E-state index contributed by atoms with van der Waals surface area (Å²) in [5.41, 5.74) is 1.94. The highest BCUT2D eigenvalue weighted by Gasteiger charge is 2.29. The SMILES string of the molecule is CCCN1CC(COS(=O)(=O)c2ccc(C)cc2)Oc2c(OC)cccc21. The maximum absolute atomic E-state index is 12.4. The fraction of sp³-hybridized carbons (Fsp3) is 0.400. The summed E-state index contributed by atoms with van der Waals surface area (Å²) in [4.78, 5) is 2.32. The largest absolute Gasteiger partial charge is 0.493 e. The Hall–Kier alpha value is -2.25. The van der Waals surface area contributed by atoms with Crippen molar-refractivity contribution in [2.75, 3.05) is 31.7 Å². The molecule has 1 atom stereocenters. The lowest BCUT2D eigenvalue weighted by Crippen LogP contribution is -2.43. The van der Waals surface area contributed by atoms with Crippen molar-refractivity contribution in [1.29, 1.82) is 0 Å². The Labute approximate surface area is 160 Å². The molecule has 0 saturated heterocycles. The zero-order valence-corrected chi connectivity index (χ0v) is 16.7. The highest BCUT2D eigenvalue weighted by molar-refractivity contribution is 7.86. The summed E-state index contributed by atoms with van der Waals surface area (Å²) in [6.07, 6.45) is 0.548. The van der Waals surface area contributed by atoms with Crippen LogP contribution < -0.4 is 14.4 Å². The molecule has 2 aromatic rings. The lowest BCUT2D eigenvalue weighted by molar-refractivity contribution is 0.124. The van der Waals surface area contributed by atoms with Crippen LogP contribution in [0.1, 0.15) is 18.9 Å². The molecule has 0 aliphatic carbocycles. The first-order chi connectivity index (χ1) is 12.9. The summed E-state index contributed by atoms with van der Waals surface area (Å²) in [7, 11) is -2.24. The van der Waals surface area contributed by atoms with Crippen LogP contribution in [-0.2, 0) is 14.3 Å². The van der Waals surface area contributed by atoms with E-state index >= 15 is 0 Å². The maximum atomic E-state index is 12.4. The van der Waals surface area contributed by atoms with Crippen molar-refractivity contribution in [3.8, 4) is 11.5 Å².